The molecule has 0 aliphatic carbocycles. The Morgan fingerprint density at radius 1 is 0.714 bits per heavy atom. The van der Waals surface area contributed by atoms with Crippen molar-refractivity contribution in [2.75, 3.05) is 19.8 Å². The standard InChI is InChI=1S/3C3H7O.Al.Li.H/c3*1-2-3-4;;;/h3*2-3H2,1H3;;;/q3*-1;+3;;. The summed E-state index contributed by atoms with van der Waals surface area (Å²) in [6.07, 6.45) is 3.07. The molecular formula is C9H22AlLiO3. The second-order valence-electron chi connectivity index (χ2n) is 2.90. The van der Waals surface area contributed by atoms with Crippen LogP contribution in [0.15, 0.2) is 0 Å². The molecule has 0 spiro atoms. The molecule has 0 N–H and O–H groups in total. The normalized spacial score (nSPS) is 9.64. The zero-order chi connectivity index (χ0) is 9.94. The summed E-state index contributed by atoms with van der Waals surface area (Å²) in [4.78, 5) is 0. The molecule has 0 aromatic rings. The third-order valence-corrected chi connectivity index (χ3v) is 2.90. The van der Waals surface area contributed by atoms with Gasteiger partial charge in [0.2, 0.25) is 0 Å². The molecule has 5 heteroatoms. The molecule has 0 aromatic heterocycles. The molecule has 0 amide bonds. The third kappa shape index (κ3) is 11.1. The van der Waals surface area contributed by atoms with Crippen LogP contribution in [-0.2, 0) is 11.4 Å². The van der Waals surface area contributed by atoms with Gasteiger partial charge in [0.15, 0.2) is 0 Å². The van der Waals surface area contributed by atoms with Crippen LogP contribution >= 0.6 is 0 Å². The van der Waals surface area contributed by atoms with Gasteiger partial charge >= 0.3 is 34.0 Å². The van der Waals surface area contributed by atoms with Crippen LogP contribution in [0.2, 0.25) is 0 Å². The Labute approximate surface area is 105 Å². The summed E-state index contributed by atoms with van der Waals surface area (Å²) in [5.74, 6) is 0. The molecule has 0 radical (unpaired) electrons. The average molecular weight is 212 g/mol. The molecule has 0 aliphatic rings. The second-order valence-corrected chi connectivity index (χ2v) is 4.48. The molecular weight excluding hydrogens is 190 g/mol. The second kappa shape index (κ2) is 14.0. The first-order chi connectivity index (χ1) is 6.35. The van der Waals surface area contributed by atoms with Gasteiger partial charge in [-0.3, -0.25) is 0 Å². The van der Waals surface area contributed by atoms with Crippen LogP contribution in [0, 0.1) is 0 Å². The maximum absolute atomic E-state index is 5.49. The fraction of sp³-hybridized carbons (Fsp3) is 1.00. The summed E-state index contributed by atoms with van der Waals surface area (Å²) in [6, 6.07) is 0. The van der Waals surface area contributed by atoms with Gasteiger partial charge in [-0.2, -0.15) is 0 Å². The molecule has 3 nitrogen and oxygen atoms in total. The van der Waals surface area contributed by atoms with E-state index in [1.165, 1.54) is 0 Å². The molecule has 0 saturated heterocycles. The first-order valence-corrected chi connectivity index (χ1v) is 6.61. The SMILES string of the molecule is CCC[O][Al]([O]CCC)[O]CCC.[LiH]. The van der Waals surface area contributed by atoms with Crippen LogP contribution in [0.1, 0.15) is 40.0 Å². The fourth-order valence-corrected chi connectivity index (χ4v) is 2.36. The van der Waals surface area contributed by atoms with Gasteiger partial charge in [-0.05, 0) is 19.3 Å². The first-order valence-electron chi connectivity index (χ1n) is 5.19. The Morgan fingerprint density at radius 2 is 1.00 bits per heavy atom. The Morgan fingerprint density at radius 3 is 1.21 bits per heavy atom. The van der Waals surface area contributed by atoms with Crippen molar-refractivity contribution in [2.24, 2.45) is 0 Å². The van der Waals surface area contributed by atoms with Crippen LogP contribution in [0.3, 0.4) is 0 Å². The summed E-state index contributed by atoms with van der Waals surface area (Å²) in [5.41, 5.74) is 0. The minimum atomic E-state index is -1.79. The van der Waals surface area contributed by atoms with Crippen molar-refractivity contribution in [1.82, 2.24) is 0 Å². The fourth-order valence-electron chi connectivity index (χ4n) is 0.787. The van der Waals surface area contributed by atoms with E-state index in [4.69, 9.17) is 11.4 Å². The molecule has 0 aromatic carbocycles. The van der Waals surface area contributed by atoms with E-state index in [2.05, 4.69) is 20.8 Å². The number of hydrogen-bond acceptors (Lipinski definition) is 3. The third-order valence-electron chi connectivity index (χ3n) is 1.37. The molecule has 0 bridgehead atoms. The van der Waals surface area contributed by atoms with E-state index in [0.29, 0.717) is 0 Å². The van der Waals surface area contributed by atoms with Crippen molar-refractivity contribution in [1.29, 1.82) is 0 Å². The van der Waals surface area contributed by atoms with Crippen LogP contribution in [0.5, 0.6) is 0 Å². The molecule has 80 valence electrons. The van der Waals surface area contributed by atoms with Crippen molar-refractivity contribution in [2.45, 2.75) is 40.0 Å². The summed E-state index contributed by atoms with van der Waals surface area (Å²) >= 11 is -1.79. The van der Waals surface area contributed by atoms with Crippen molar-refractivity contribution in [3.05, 3.63) is 0 Å². The topological polar surface area (TPSA) is 27.7 Å². The van der Waals surface area contributed by atoms with Crippen LogP contribution < -0.4 is 0 Å². The Bertz CT molecular complexity index is 87.0. The van der Waals surface area contributed by atoms with Gasteiger partial charge in [-0.1, -0.05) is 20.8 Å². The molecule has 0 heterocycles. The summed E-state index contributed by atoms with van der Waals surface area (Å²) < 4.78 is 16.5. The summed E-state index contributed by atoms with van der Waals surface area (Å²) in [5, 5.41) is 0. The monoisotopic (exact) mass is 212 g/mol. The molecule has 0 fully saturated rings. The van der Waals surface area contributed by atoms with E-state index in [-0.39, 0.29) is 18.9 Å². The number of rotatable bonds is 9. The molecule has 0 atom stereocenters. The average Bonchev–Trinajstić information content (AvgIpc) is 2.17. The van der Waals surface area contributed by atoms with Gasteiger partial charge in [-0.15, -0.1) is 0 Å². The number of hydrogen-bond donors (Lipinski definition) is 0. The van der Waals surface area contributed by atoms with E-state index in [0.717, 1.165) is 39.1 Å². The quantitative estimate of drug-likeness (QED) is 0.543. The zero-order valence-corrected chi connectivity index (χ0v) is 10.2. The summed E-state index contributed by atoms with van der Waals surface area (Å²) in [7, 11) is 0. The molecule has 0 saturated carbocycles. The van der Waals surface area contributed by atoms with Gasteiger partial charge in [0, 0.05) is 19.8 Å². The van der Waals surface area contributed by atoms with E-state index < -0.39 is 15.1 Å². The molecule has 0 unspecified atom stereocenters. The Balaban J connectivity index is 0. The van der Waals surface area contributed by atoms with E-state index in [1.807, 2.05) is 0 Å². The van der Waals surface area contributed by atoms with Gasteiger partial charge in [0.1, 0.15) is 0 Å². The van der Waals surface area contributed by atoms with Gasteiger partial charge in [0.25, 0.3) is 0 Å². The minimum absolute atomic E-state index is 0. The predicted octanol–water partition coefficient (Wildman–Crippen LogP) is 1.60. The van der Waals surface area contributed by atoms with E-state index >= 15 is 0 Å². The van der Waals surface area contributed by atoms with Crippen molar-refractivity contribution < 1.29 is 11.4 Å². The van der Waals surface area contributed by atoms with Crippen molar-refractivity contribution in [3.8, 4) is 0 Å². The summed E-state index contributed by atoms with van der Waals surface area (Å²) in [6.45, 7) is 8.53. The molecule has 0 aliphatic heterocycles. The van der Waals surface area contributed by atoms with Crippen LogP contribution in [0.25, 0.3) is 0 Å². The first kappa shape index (κ1) is 17.4. The van der Waals surface area contributed by atoms with Crippen molar-refractivity contribution in [3.63, 3.8) is 0 Å². The van der Waals surface area contributed by atoms with Gasteiger partial charge in [-0.25, -0.2) is 0 Å². The van der Waals surface area contributed by atoms with Gasteiger partial charge < -0.3 is 11.4 Å². The maximum atomic E-state index is 5.49. The van der Waals surface area contributed by atoms with Crippen molar-refractivity contribution >= 4 is 34.0 Å². The van der Waals surface area contributed by atoms with Crippen LogP contribution in [0.4, 0.5) is 0 Å². The molecule has 14 heavy (non-hydrogen) atoms. The zero-order valence-electron chi connectivity index (χ0n) is 9.04. The Kier molecular flexibility index (Phi) is 17.4. The van der Waals surface area contributed by atoms with Crippen LogP contribution in [-0.4, -0.2) is 53.8 Å². The van der Waals surface area contributed by atoms with E-state index in [9.17, 15) is 0 Å². The van der Waals surface area contributed by atoms with E-state index in [1.54, 1.807) is 0 Å². The predicted molar refractivity (Wildman–Crippen MR) is 61.6 cm³/mol. The van der Waals surface area contributed by atoms with Gasteiger partial charge in [0.05, 0.1) is 0 Å². The Hall–Kier alpha value is 1.01. The molecule has 0 rings (SSSR count).